The second kappa shape index (κ2) is 6.98. The standard InChI is InChI=1S/C21H30N2O4/c1-19(2,3)12-20(4,5)23-18(26)21(6,7)15-16(24)22-13-10-8-9-11-14(13)27-17(15)25/h8-11,15H,12H2,1-7H3,(H,22,24)(H,23,26). The smallest absolute Gasteiger partial charge is 0.325 e. The maximum Gasteiger partial charge on any atom is 0.325 e. The van der Waals surface area contributed by atoms with E-state index in [9.17, 15) is 14.4 Å². The monoisotopic (exact) mass is 374 g/mol. The SMILES string of the molecule is CC(C)(C)CC(C)(C)NC(=O)C(C)(C)C1C(=O)Nc2ccccc2OC1=O. The Bertz CT molecular complexity index is 723. The first-order valence-corrected chi connectivity index (χ1v) is 9.17. The van der Waals surface area contributed by atoms with Crippen LogP contribution in [0.4, 0.5) is 5.69 Å². The number of para-hydroxylation sites is 2. The fraction of sp³-hybridized carbons (Fsp3) is 0.571. The van der Waals surface area contributed by atoms with Crippen LogP contribution >= 0.6 is 0 Å². The molecule has 2 rings (SSSR count). The average Bonchev–Trinajstić information content (AvgIpc) is 2.58. The Morgan fingerprint density at radius 1 is 1.07 bits per heavy atom. The fourth-order valence-electron chi connectivity index (χ4n) is 3.73. The summed E-state index contributed by atoms with van der Waals surface area (Å²) in [5.74, 6) is -2.61. The molecule has 148 valence electrons. The number of esters is 1. The Labute approximate surface area is 161 Å². The van der Waals surface area contributed by atoms with Crippen LogP contribution in [0.2, 0.25) is 0 Å². The van der Waals surface area contributed by atoms with Crippen LogP contribution in [0.15, 0.2) is 24.3 Å². The molecule has 0 aromatic heterocycles. The summed E-state index contributed by atoms with van der Waals surface area (Å²) in [6.45, 7) is 13.4. The first kappa shape index (κ1) is 20.9. The van der Waals surface area contributed by atoms with Crippen molar-refractivity contribution in [3.8, 4) is 5.75 Å². The molecule has 6 nitrogen and oxygen atoms in total. The highest BCUT2D eigenvalue weighted by molar-refractivity contribution is 6.11. The lowest BCUT2D eigenvalue weighted by atomic mass is 9.75. The fourth-order valence-corrected chi connectivity index (χ4v) is 3.73. The van der Waals surface area contributed by atoms with E-state index in [1.807, 2.05) is 13.8 Å². The molecule has 0 saturated heterocycles. The van der Waals surface area contributed by atoms with E-state index in [2.05, 4.69) is 31.4 Å². The third-order valence-corrected chi connectivity index (χ3v) is 4.58. The highest BCUT2D eigenvalue weighted by Gasteiger charge is 2.49. The number of amides is 2. The summed E-state index contributed by atoms with van der Waals surface area (Å²) in [5, 5.41) is 5.71. The zero-order valence-electron chi connectivity index (χ0n) is 17.2. The molecule has 0 spiro atoms. The molecule has 1 heterocycles. The van der Waals surface area contributed by atoms with Crippen molar-refractivity contribution in [2.75, 3.05) is 5.32 Å². The summed E-state index contributed by atoms with van der Waals surface area (Å²) in [5.41, 5.74) is -1.33. The number of hydrogen-bond acceptors (Lipinski definition) is 4. The Kier molecular flexibility index (Phi) is 5.41. The number of anilines is 1. The van der Waals surface area contributed by atoms with Gasteiger partial charge in [-0.15, -0.1) is 0 Å². The van der Waals surface area contributed by atoms with Gasteiger partial charge in [-0.2, -0.15) is 0 Å². The summed E-state index contributed by atoms with van der Waals surface area (Å²) in [6.07, 6.45) is 0.745. The van der Waals surface area contributed by atoms with Crippen LogP contribution in [0.5, 0.6) is 5.75 Å². The summed E-state index contributed by atoms with van der Waals surface area (Å²) in [6, 6.07) is 6.71. The summed E-state index contributed by atoms with van der Waals surface area (Å²) in [7, 11) is 0. The molecule has 1 aromatic rings. The van der Waals surface area contributed by atoms with Gasteiger partial charge in [0.2, 0.25) is 11.8 Å². The topological polar surface area (TPSA) is 84.5 Å². The van der Waals surface area contributed by atoms with Gasteiger partial charge in [0.15, 0.2) is 5.75 Å². The molecule has 0 radical (unpaired) electrons. The number of rotatable bonds is 4. The lowest BCUT2D eigenvalue weighted by molar-refractivity contribution is -0.154. The highest BCUT2D eigenvalue weighted by Crippen LogP contribution is 2.36. The molecular formula is C21H30N2O4. The van der Waals surface area contributed by atoms with Gasteiger partial charge in [0, 0.05) is 5.54 Å². The molecule has 2 amide bonds. The van der Waals surface area contributed by atoms with E-state index in [1.165, 1.54) is 0 Å². The second-order valence-corrected chi connectivity index (χ2v) is 9.64. The van der Waals surface area contributed by atoms with Crippen molar-refractivity contribution >= 4 is 23.5 Å². The molecule has 2 N–H and O–H groups in total. The molecule has 0 bridgehead atoms. The number of nitrogens with one attached hydrogen (secondary N) is 2. The van der Waals surface area contributed by atoms with E-state index in [-0.39, 0.29) is 17.1 Å². The van der Waals surface area contributed by atoms with Gasteiger partial charge in [0.1, 0.15) is 5.92 Å². The minimum Gasteiger partial charge on any atom is -0.424 e. The molecular weight excluding hydrogens is 344 g/mol. The number of hydrogen-bond donors (Lipinski definition) is 2. The van der Waals surface area contributed by atoms with Gasteiger partial charge in [-0.25, -0.2) is 0 Å². The molecule has 0 saturated carbocycles. The van der Waals surface area contributed by atoms with E-state index in [0.29, 0.717) is 5.69 Å². The second-order valence-electron chi connectivity index (χ2n) is 9.64. The minimum atomic E-state index is -1.28. The zero-order chi connectivity index (χ0) is 20.6. The van der Waals surface area contributed by atoms with Crippen LogP contribution in [0.25, 0.3) is 0 Å². The van der Waals surface area contributed by atoms with Gasteiger partial charge in [-0.05, 0) is 51.7 Å². The van der Waals surface area contributed by atoms with Crippen LogP contribution in [-0.4, -0.2) is 23.3 Å². The van der Waals surface area contributed by atoms with Crippen LogP contribution in [0.1, 0.15) is 54.9 Å². The van der Waals surface area contributed by atoms with Gasteiger partial charge in [-0.1, -0.05) is 32.9 Å². The molecule has 0 aliphatic carbocycles. The third kappa shape index (κ3) is 4.87. The van der Waals surface area contributed by atoms with Crippen LogP contribution in [0, 0.1) is 16.7 Å². The number of carbonyl (C=O) groups excluding carboxylic acids is 3. The van der Waals surface area contributed by atoms with Gasteiger partial charge in [-0.3, -0.25) is 14.4 Å². The molecule has 1 aliphatic heterocycles. The Morgan fingerprint density at radius 3 is 2.26 bits per heavy atom. The summed E-state index contributed by atoms with van der Waals surface area (Å²) < 4.78 is 5.38. The first-order chi connectivity index (χ1) is 12.2. The predicted molar refractivity (Wildman–Crippen MR) is 104 cm³/mol. The van der Waals surface area contributed by atoms with Crippen molar-refractivity contribution in [2.45, 2.75) is 60.4 Å². The van der Waals surface area contributed by atoms with Crippen molar-refractivity contribution in [3.05, 3.63) is 24.3 Å². The zero-order valence-corrected chi connectivity index (χ0v) is 17.2. The number of fused-ring (bicyclic) bond motifs is 1. The van der Waals surface area contributed by atoms with Gasteiger partial charge >= 0.3 is 5.97 Å². The number of benzene rings is 1. The summed E-state index contributed by atoms with van der Waals surface area (Å²) >= 11 is 0. The molecule has 1 aromatic carbocycles. The van der Waals surface area contributed by atoms with Crippen molar-refractivity contribution in [2.24, 2.45) is 16.7 Å². The Morgan fingerprint density at radius 2 is 1.67 bits per heavy atom. The third-order valence-electron chi connectivity index (χ3n) is 4.58. The molecule has 1 aliphatic rings. The van der Waals surface area contributed by atoms with E-state index in [0.717, 1.165) is 6.42 Å². The van der Waals surface area contributed by atoms with E-state index >= 15 is 0 Å². The predicted octanol–water partition coefficient (Wildman–Crippen LogP) is 3.52. The van der Waals surface area contributed by atoms with Gasteiger partial charge < -0.3 is 15.4 Å². The van der Waals surface area contributed by atoms with Crippen molar-refractivity contribution in [1.82, 2.24) is 5.32 Å². The molecule has 1 atom stereocenters. The van der Waals surface area contributed by atoms with Crippen LogP contribution in [-0.2, 0) is 14.4 Å². The normalized spacial score (nSPS) is 18.1. The van der Waals surface area contributed by atoms with E-state index in [4.69, 9.17) is 4.74 Å². The maximum absolute atomic E-state index is 13.0. The molecule has 0 fully saturated rings. The lowest BCUT2D eigenvalue weighted by Gasteiger charge is -2.37. The highest BCUT2D eigenvalue weighted by atomic mass is 16.5. The van der Waals surface area contributed by atoms with Crippen molar-refractivity contribution in [3.63, 3.8) is 0 Å². The minimum absolute atomic E-state index is 0.0151. The lowest BCUT2D eigenvalue weighted by Crippen LogP contribution is -2.55. The van der Waals surface area contributed by atoms with Gasteiger partial charge in [0.05, 0.1) is 11.1 Å². The summed E-state index contributed by atoms with van der Waals surface area (Å²) in [4.78, 5) is 38.5. The Balaban J connectivity index is 2.25. The molecule has 6 heteroatoms. The first-order valence-electron chi connectivity index (χ1n) is 9.17. The van der Waals surface area contributed by atoms with Gasteiger partial charge in [0.25, 0.3) is 0 Å². The number of carbonyl (C=O) groups is 3. The largest absolute Gasteiger partial charge is 0.424 e. The van der Waals surface area contributed by atoms with E-state index < -0.39 is 28.7 Å². The molecule has 1 unspecified atom stereocenters. The van der Waals surface area contributed by atoms with E-state index in [1.54, 1.807) is 38.1 Å². The average molecular weight is 374 g/mol. The quantitative estimate of drug-likeness (QED) is 0.480. The maximum atomic E-state index is 13.0. The van der Waals surface area contributed by atoms with Crippen molar-refractivity contribution in [1.29, 1.82) is 0 Å². The van der Waals surface area contributed by atoms with Crippen LogP contribution < -0.4 is 15.4 Å². The Hall–Kier alpha value is -2.37. The molecule has 27 heavy (non-hydrogen) atoms. The number of ether oxygens (including phenoxy) is 1. The van der Waals surface area contributed by atoms with Crippen molar-refractivity contribution < 1.29 is 19.1 Å². The van der Waals surface area contributed by atoms with Crippen LogP contribution in [0.3, 0.4) is 0 Å².